The van der Waals surface area contributed by atoms with E-state index in [0.29, 0.717) is 23.0 Å². The minimum atomic E-state index is -0.542. The molecule has 1 unspecified atom stereocenters. The third-order valence-electron chi connectivity index (χ3n) is 4.85. The molecule has 2 aromatic heterocycles. The molecule has 0 bridgehead atoms. The van der Waals surface area contributed by atoms with E-state index in [9.17, 15) is 14.4 Å². The average molecular weight is 429 g/mol. The Morgan fingerprint density at radius 1 is 1.24 bits per heavy atom. The van der Waals surface area contributed by atoms with Gasteiger partial charge in [0.05, 0.1) is 21.6 Å². The van der Waals surface area contributed by atoms with Crippen molar-refractivity contribution in [3.63, 3.8) is 0 Å². The SMILES string of the molecule is CN(CC(=O)N1CCCC1C(=O)Nc1nc2ccccc2s1)C(=O)c1cccs1. The lowest BCUT2D eigenvalue weighted by atomic mass is 10.2. The molecular formula is C20H20N4O3S2. The van der Waals surface area contributed by atoms with Crippen LogP contribution in [0.1, 0.15) is 22.5 Å². The van der Waals surface area contributed by atoms with Crippen molar-refractivity contribution >= 4 is 55.7 Å². The number of aromatic nitrogens is 1. The van der Waals surface area contributed by atoms with Gasteiger partial charge in [0.15, 0.2) is 5.13 Å². The number of nitrogens with one attached hydrogen (secondary N) is 1. The van der Waals surface area contributed by atoms with Crippen molar-refractivity contribution in [2.45, 2.75) is 18.9 Å². The summed E-state index contributed by atoms with van der Waals surface area (Å²) in [5.74, 6) is -0.649. The highest BCUT2D eigenvalue weighted by atomic mass is 32.1. The van der Waals surface area contributed by atoms with E-state index in [4.69, 9.17) is 0 Å². The second kappa shape index (κ2) is 8.30. The Morgan fingerprint density at radius 2 is 2.07 bits per heavy atom. The Balaban J connectivity index is 1.40. The summed E-state index contributed by atoms with van der Waals surface area (Å²) in [5.41, 5.74) is 0.834. The van der Waals surface area contributed by atoms with Gasteiger partial charge in [-0.3, -0.25) is 14.4 Å². The minimum Gasteiger partial charge on any atom is -0.332 e. The lowest BCUT2D eigenvalue weighted by Gasteiger charge is -2.26. The molecule has 29 heavy (non-hydrogen) atoms. The molecule has 0 aliphatic carbocycles. The van der Waals surface area contributed by atoms with Gasteiger partial charge in [0, 0.05) is 13.6 Å². The zero-order valence-electron chi connectivity index (χ0n) is 15.8. The van der Waals surface area contributed by atoms with Crippen LogP contribution in [0.25, 0.3) is 10.2 Å². The highest BCUT2D eigenvalue weighted by Crippen LogP contribution is 2.27. The molecule has 3 aromatic rings. The number of rotatable bonds is 5. The number of fused-ring (bicyclic) bond motifs is 1. The highest BCUT2D eigenvalue weighted by Gasteiger charge is 2.35. The standard InChI is InChI=1S/C20H20N4O3S2/c1-23(19(27)16-9-5-11-28-16)12-17(25)24-10-4-7-14(24)18(26)22-20-21-13-6-2-3-8-15(13)29-20/h2-3,5-6,8-9,11,14H,4,7,10,12H2,1H3,(H,21,22,26). The van der Waals surface area contributed by atoms with Crippen LogP contribution in [0.5, 0.6) is 0 Å². The first-order chi connectivity index (χ1) is 14.0. The molecule has 0 saturated carbocycles. The zero-order chi connectivity index (χ0) is 20.4. The molecule has 0 radical (unpaired) electrons. The zero-order valence-corrected chi connectivity index (χ0v) is 17.5. The fourth-order valence-corrected chi connectivity index (χ4v) is 4.99. The molecule has 7 nitrogen and oxygen atoms in total. The number of anilines is 1. The third-order valence-corrected chi connectivity index (χ3v) is 6.66. The van der Waals surface area contributed by atoms with Gasteiger partial charge in [-0.25, -0.2) is 4.98 Å². The normalized spacial score (nSPS) is 16.2. The van der Waals surface area contributed by atoms with Gasteiger partial charge in [-0.2, -0.15) is 0 Å². The maximum absolute atomic E-state index is 12.8. The Hall–Kier alpha value is -2.78. The quantitative estimate of drug-likeness (QED) is 0.677. The summed E-state index contributed by atoms with van der Waals surface area (Å²) in [7, 11) is 1.60. The molecule has 0 spiro atoms. The smallest absolute Gasteiger partial charge is 0.264 e. The number of thiazole rings is 1. The van der Waals surface area contributed by atoms with Crippen LogP contribution in [-0.4, -0.2) is 58.7 Å². The van der Waals surface area contributed by atoms with Crippen molar-refractivity contribution < 1.29 is 14.4 Å². The highest BCUT2D eigenvalue weighted by molar-refractivity contribution is 7.22. The fourth-order valence-electron chi connectivity index (χ4n) is 3.41. The third kappa shape index (κ3) is 4.15. The van der Waals surface area contributed by atoms with Gasteiger partial charge in [-0.15, -0.1) is 11.3 Å². The minimum absolute atomic E-state index is 0.0539. The van der Waals surface area contributed by atoms with Gasteiger partial charge in [0.2, 0.25) is 11.8 Å². The van der Waals surface area contributed by atoms with Gasteiger partial charge in [0.25, 0.3) is 5.91 Å². The Morgan fingerprint density at radius 3 is 2.83 bits per heavy atom. The predicted molar refractivity (Wildman–Crippen MR) is 114 cm³/mol. The van der Waals surface area contributed by atoms with Crippen LogP contribution in [0.2, 0.25) is 0 Å². The number of thiophene rings is 1. The van der Waals surface area contributed by atoms with E-state index in [1.165, 1.54) is 27.6 Å². The summed E-state index contributed by atoms with van der Waals surface area (Å²) in [6, 6.07) is 10.7. The molecule has 1 aromatic carbocycles. The van der Waals surface area contributed by atoms with Crippen LogP contribution < -0.4 is 5.32 Å². The molecular weight excluding hydrogens is 408 g/mol. The van der Waals surface area contributed by atoms with Crippen molar-refractivity contribution in [1.29, 1.82) is 0 Å². The summed E-state index contributed by atoms with van der Waals surface area (Å²) in [4.78, 5) is 45.9. The second-order valence-corrected chi connectivity index (χ2v) is 8.84. The van der Waals surface area contributed by atoms with Crippen LogP contribution in [0.4, 0.5) is 5.13 Å². The monoisotopic (exact) mass is 428 g/mol. The number of carbonyl (C=O) groups excluding carboxylic acids is 3. The van der Waals surface area contributed by atoms with E-state index in [-0.39, 0.29) is 24.3 Å². The van der Waals surface area contributed by atoms with Crippen molar-refractivity contribution in [3.05, 3.63) is 46.7 Å². The number of hydrogen-bond acceptors (Lipinski definition) is 6. The number of carbonyl (C=O) groups is 3. The first-order valence-corrected chi connectivity index (χ1v) is 11.0. The van der Waals surface area contributed by atoms with Crippen molar-refractivity contribution in [1.82, 2.24) is 14.8 Å². The molecule has 1 fully saturated rings. The summed E-state index contributed by atoms with van der Waals surface area (Å²) in [5, 5.41) is 5.21. The Bertz CT molecular complexity index is 1010. The van der Waals surface area contributed by atoms with Crippen LogP contribution in [0, 0.1) is 0 Å². The Kier molecular flexibility index (Phi) is 5.59. The van der Waals surface area contributed by atoms with Crippen molar-refractivity contribution in [3.8, 4) is 0 Å². The lowest BCUT2D eigenvalue weighted by molar-refractivity contribution is -0.137. The summed E-state index contributed by atoms with van der Waals surface area (Å²) in [6.45, 7) is 0.458. The van der Waals surface area contributed by atoms with Crippen LogP contribution in [0.15, 0.2) is 41.8 Å². The van der Waals surface area contributed by atoms with E-state index in [1.54, 1.807) is 24.1 Å². The first kappa shape index (κ1) is 19.5. The summed E-state index contributed by atoms with van der Waals surface area (Å²) >= 11 is 2.75. The van der Waals surface area contributed by atoms with E-state index in [1.807, 2.05) is 29.6 Å². The van der Waals surface area contributed by atoms with E-state index in [0.717, 1.165) is 16.6 Å². The number of likely N-dealkylation sites (N-methyl/N-ethyl adjacent to an activating group) is 1. The van der Waals surface area contributed by atoms with Crippen LogP contribution in [-0.2, 0) is 9.59 Å². The summed E-state index contributed by atoms with van der Waals surface area (Å²) < 4.78 is 0.996. The maximum Gasteiger partial charge on any atom is 0.264 e. The van der Waals surface area contributed by atoms with E-state index in [2.05, 4.69) is 10.3 Å². The summed E-state index contributed by atoms with van der Waals surface area (Å²) in [6.07, 6.45) is 1.36. The fraction of sp³-hybridized carbons (Fsp3) is 0.300. The number of para-hydroxylation sites is 1. The largest absolute Gasteiger partial charge is 0.332 e. The number of benzene rings is 1. The molecule has 150 valence electrons. The number of amides is 3. The molecule has 1 aliphatic rings. The average Bonchev–Trinajstić information content (AvgIpc) is 3.46. The lowest BCUT2D eigenvalue weighted by Crippen LogP contribution is -2.47. The number of likely N-dealkylation sites (tertiary alicyclic amines) is 1. The molecule has 1 atom stereocenters. The molecule has 1 N–H and O–H groups in total. The van der Waals surface area contributed by atoms with Crippen molar-refractivity contribution in [2.24, 2.45) is 0 Å². The molecule has 3 heterocycles. The maximum atomic E-state index is 12.8. The molecule has 1 aliphatic heterocycles. The second-order valence-electron chi connectivity index (χ2n) is 6.86. The number of nitrogens with zero attached hydrogens (tertiary/aromatic N) is 3. The molecule has 4 rings (SSSR count). The van der Waals surface area contributed by atoms with Gasteiger partial charge < -0.3 is 15.1 Å². The van der Waals surface area contributed by atoms with Crippen LogP contribution >= 0.6 is 22.7 Å². The topological polar surface area (TPSA) is 82.6 Å². The molecule has 9 heteroatoms. The molecule has 1 saturated heterocycles. The van der Waals surface area contributed by atoms with E-state index >= 15 is 0 Å². The van der Waals surface area contributed by atoms with Crippen LogP contribution in [0.3, 0.4) is 0 Å². The van der Waals surface area contributed by atoms with Gasteiger partial charge >= 0.3 is 0 Å². The van der Waals surface area contributed by atoms with Gasteiger partial charge in [-0.1, -0.05) is 29.5 Å². The first-order valence-electron chi connectivity index (χ1n) is 9.28. The van der Waals surface area contributed by atoms with E-state index < -0.39 is 6.04 Å². The predicted octanol–water partition coefficient (Wildman–Crippen LogP) is 3.06. The van der Waals surface area contributed by atoms with Gasteiger partial charge in [0.1, 0.15) is 6.04 Å². The van der Waals surface area contributed by atoms with Gasteiger partial charge in [-0.05, 0) is 36.4 Å². The Labute approximate surface area is 176 Å². The number of hydrogen-bond donors (Lipinski definition) is 1. The molecule has 3 amide bonds. The van der Waals surface area contributed by atoms with Crippen molar-refractivity contribution in [2.75, 3.05) is 25.5 Å².